The molecule has 0 heterocycles. The Hall–Kier alpha value is 0.301. The van der Waals surface area contributed by atoms with Crippen molar-refractivity contribution in [2.75, 3.05) is 0 Å². The zero-order chi connectivity index (χ0) is 8.15. The smallest absolute Gasteiger partial charge is 0.550 e. The number of carboxylic acids is 2. The molecule has 0 fully saturated rings. The first kappa shape index (κ1) is 23.3. The standard InChI is InChI=1S/C5H9NO4.2H2O.Sr/c6-3(5(9)10)1-2-4(7)8;;;/h3H,1-2,6H2,(H,7,8)(H,9,10);2*1H2;/q;;;+2/p-2/t3-;;;/m1.../s1. The van der Waals surface area contributed by atoms with Crippen molar-refractivity contribution < 1.29 is 30.8 Å². The quantitative estimate of drug-likeness (QED) is 0.501. The summed E-state index contributed by atoms with van der Waals surface area (Å²) < 4.78 is 0. The zero-order valence-corrected chi connectivity index (χ0v) is 10.4. The SMILES string of the molecule is N[C@H](CCC(=O)[O-])C(=O)[O-].O.O.[Sr+2]. The fourth-order valence-electron chi connectivity index (χ4n) is 0.391. The van der Waals surface area contributed by atoms with Gasteiger partial charge in [-0.25, -0.2) is 0 Å². The van der Waals surface area contributed by atoms with Gasteiger partial charge >= 0.3 is 45.5 Å². The number of carbonyl (C=O) groups excluding carboxylic acids is 2. The average molecular weight is 269 g/mol. The maximum atomic E-state index is 9.86. The minimum absolute atomic E-state index is 0. The normalized spacial score (nSPS) is 9.62. The third kappa shape index (κ3) is 15.1. The van der Waals surface area contributed by atoms with Crippen molar-refractivity contribution in [3.05, 3.63) is 0 Å². The molecule has 1 atom stereocenters. The first-order valence-electron chi connectivity index (χ1n) is 2.70. The predicted molar refractivity (Wildman–Crippen MR) is 40.2 cm³/mol. The molecule has 0 unspecified atom stereocenters. The molecule has 8 heteroatoms. The molecule has 0 saturated heterocycles. The molecule has 0 radical (unpaired) electrons. The van der Waals surface area contributed by atoms with Crippen molar-refractivity contribution in [2.45, 2.75) is 18.9 Å². The number of hydrogen-bond acceptors (Lipinski definition) is 5. The molecule has 0 aliphatic carbocycles. The van der Waals surface area contributed by atoms with Crippen LogP contribution in [0.5, 0.6) is 0 Å². The Kier molecular flexibility index (Phi) is 22.0. The third-order valence-corrected chi connectivity index (χ3v) is 0.962. The van der Waals surface area contributed by atoms with Gasteiger partial charge in [0.1, 0.15) is 0 Å². The molecule has 0 bridgehead atoms. The van der Waals surface area contributed by atoms with Crippen LogP contribution in [0.1, 0.15) is 12.8 Å². The first-order valence-corrected chi connectivity index (χ1v) is 2.70. The number of aliphatic carboxylic acids is 2. The molecule has 0 aliphatic heterocycles. The van der Waals surface area contributed by atoms with E-state index in [9.17, 15) is 19.8 Å². The fourth-order valence-corrected chi connectivity index (χ4v) is 0.391. The zero-order valence-electron chi connectivity index (χ0n) is 6.91. The van der Waals surface area contributed by atoms with Crippen LogP contribution in [0.2, 0.25) is 0 Å². The van der Waals surface area contributed by atoms with E-state index in [0.717, 1.165) is 0 Å². The molecule has 0 aromatic rings. The number of carboxylic acid groups (broad SMARTS) is 2. The minimum Gasteiger partial charge on any atom is -0.550 e. The largest absolute Gasteiger partial charge is 2.00 e. The van der Waals surface area contributed by atoms with Crippen molar-refractivity contribution in [1.29, 1.82) is 0 Å². The molecule has 0 saturated carbocycles. The predicted octanol–water partition coefficient (Wildman–Crippen LogP) is -5.44. The summed E-state index contributed by atoms with van der Waals surface area (Å²) in [4.78, 5) is 19.6. The number of rotatable bonds is 4. The van der Waals surface area contributed by atoms with E-state index in [2.05, 4.69) is 0 Å². The van der Waals surface area contributed by atoms with E-state index in [1.54, 1.807) is 0 Å². The van der Waals surface area contributed by atoms with Crippen LogP contribution in [-0.4, -0.2) is 74.4 Å². The summed E-state index contributed by atoms with van der Waals surface area (Å²) in [5, 5.41) is 19.6. The monoisotopic (exact) mass is 269 g/mol. The molecule has 0 rings (SSSR count). The van der Waals surface area contributed by atoms with Crippen LogP contribution in [0, 0.1) is 0 Å². The van der Waals surface area contributed by atoms with Crippen molar-refractivity contribution in [3.8, 4) is 0 Å². The van der Waals surface area contributed by atoms with Crippen LogP contribution >= 0.6 is 0 Å². The number of nitrogens with two attached hydrogens (primary N) is 1. The maximum Gasteiger partial charge on any atom is 2.00 e. The second kappa shape index (κ2) is 12.3. The van der Waals surface area contributed by atoms with Crippen LogP contribution in [-0.2, 0) is 9.59 Å². The summed E-state index contributed by atoms with van der Waals surface area (Å²) in [6.07, 6.45) is -0.500. The Morgan fingerprint density at radius 2 is 1.62 bits per heavy atom. The summed E-state index contributed by atoms with van der Waals surface area (Å²) >= 11 is 0. The Bertz CT molecular complexity index is 152. The Balaban J connectivity index is -0.000000135. The second-order valence-corrected chi connectivity index (χ2v) is 1.84. The van der Waals surface area contributed by atoms with Gasteiger partial charge in [-0.2, -0.15) is 0 Å². The summed E-state index contributed by atoms with van der Waals surface area (Å²) in [6, 6.07) is -1.21. The van der Waals surface area contributed by atoms with Crippen molar-refractivity contribution in [1.82, 2.24) is 0 Å². The molecule has 0 aromatic heterocycles. The van der Waals surface area contributed by atoms with Crippen molar-refractivity contribution >= 4 is 57.4 Å². The molecule has 0 spiro atoms. The molecule has 0 aliphatic rings. The molecular weight excluding hydrogens is 258 g/mol. The van der Waals surface area contributed by atoms with Gasteiger partial charge in [-0.15, -0.1) is 0 Å². The molecule has 0 aromatic carbocycles. The Morgan fingerprint density at radius 1 is 1.23 bits per heavy atom. The van der Waals surface area contributed by atoms with Crippen molar-refractivity contribution in [2.24, 2.45) is 5.73 Å². The van der Waals surface area contributed by atoms with Gasteiger partial charge in [-0.3, -0.25) is 0 Å². The third-order valence-electron chi connectivity index (χ3n) is 0.962. The van der Waals surface area contributed by atoms with Crippen molar-refractivity contribution in [3.63, 3.8) is 0 Å². The van der Waals surface area contributed by atoms with Crippen LogP contribution in [0.25, 0.3) is 0 Å². The van der Waals surface area contributed by atoms with Gasteiger partial charge in [0, 0.05) is 12.0 Å². The van der Waals surface area contributed by atoms with Gasteiger partial charge in [0.25, 0.3) is 0 Å². The van der Waals surface area contributed by atoms with E-state index >= 15 is 0 Å². The average Bonchev–Trinajstić information content (AvgIpc) is 1.82. The molecule has 13 heavy (non-hydrogen) atoms. The van der Waals surface area contributed by atoms with Gasteiger partial charge < -0.3 is 36.5 Å². The van der Waals surface area contributed by atoms with Crippen LogP contribution in [0.15, 0.2) is 0 Å². The Labute approximate surface area is 112 Å². The molecule has 0 amide bonds. The van der Waals surface area contributed by atoms with Gasteiger partial charge in [-0.05, 0) is 12.8 Å². The first-order chi connectivity index (χ1) is 4.54. The molecule has 7 nitrogen and oxygen atoms in total. The number of carbonyl (C=O) groups is 2. The summed E-state index contributed by atoms with van der Waals surface area (Å²) in [7, 11) is 0. The second-order valence-electron chi connectivity index (χ2n) is 1.84. The van der Waals surface area contributed by atoms with Gasteiger partial charge in [0.05, 0.1) is 5.97 Å². The summed E-state index contributed by atoms with van der Waals surface area (Å²) in [6.45, 7) is 0. The van der Waals surface area contributed by atoms with Crippen LogP contribution in [0.3, 0.4) is 0 Å². The van der Waals surface area contributed by atoms with E-state index < -0.39 is 18.0 Å². The van der Waals surface area contributed by atoms with Gasteiger partial charge in [0.2, 0.25) is 0 Å². The number of hydrogen-bond donors (Lipinski definition) is 1. The molecule has 6 N–H and O–H groups in total. The van der Waals surface area contributed by atoms with Gasteiger partial charge in [-0.1, -0.05) is 0 Å². The topological polar surface area (TPSA) is 169 Å². The van der Waals surface area contributed by atoms with E-state index in [0.29, 0.717) is 0 Å². The maximum absolute atomic E-state index is 9.86. The van der Waals surface area contributed by atoms with E-state index in [4.69, 9.17) is 5.73 Å². The van der Waals surface area contributed by atoms with Crippen LogP contribution < -0.4 is 15.9 Å². The van der Waals surface area contributed by atoms with Gasteiger partial charge in [0.15, 0.2) is 0 Å². The summed E-state index contributed by atoms with van der Waals surface area (Å²) in [5.74, 6) is -2.75. The van der Waals surface area contributed by atoms with E-state index in [-0.39, 0.29) is 69.3 Å². The van der Waals surface area contributed by atoms with Crippen LogP contribution in [0.4, 0.5) is 0 Å². The molecular formula is C5H11NO6Sr. The minimum atomic E-state index is -1.44. The molecule has 74 valence electrons. The van der Waals surface area contributed by atoms with E-state index in [1.807, 2.05) is 0 Å². The summed E-state index contributed by atoms with van der Waals surface area (Å²) in [5.41, 5.74) is 4.91. The van der Waals surface area contributed by atoms with E-state index in [1.165, 1.54) is 0 Å². The Morgan fingerprint density at radius 3 is 1.85 bits per heavy atom. The fraction of sp³-hybridized carbons (Fsp3) is 0.600.